The van der Waals surface area contributed by atoms with Crippen LogP contribution >= 0.6 is 0 Å². The Labute approximate surface area is 120 Å². The fraction of sp³-hybridized carbons (Fsp3) is 0.412. The van der Waals surface area contributed by atoms with Crippen LogP contribution in [0, 0.1) is 0 Å². The molecule has 20 heavy (non-hydrogen) atoms. The first-order valence-electron chi connectivity index (χ1n) is 7.38. The Balaban J connectivity index is 1.91. The van der Waals surface area contributed by atoms with Gasteiger partial charge in [-0.1, -0.05) is 44.5 Å². The largest absolute Gasteiger partial charge is 0.384 e. The molecule has 0 unspecified atom stereocenters. The first-order valence-corrected chi connectivity index (χ1v) is 7.38. The molecule has 0 saturated heterocycles. The highest BCUT2D eigenvalue weighted by molar-refractivity contribution is 5.62. The zero-order valence-electron chi connectivity index (χ0n) is 12.1. The van der Waals surface area contributed by atoms with Crippen molar-refractivity contribution in [1.29, 1.82) is 0 Å². The first kappa shape index (κ1) is 13.1. The molecule has 3 rings (SSSR count). The normalized spacial score (nSPS) is 15.3. The van der Waals surface area contributed by atoms with Gasteiger partial charge in [0.15, 0.2) is 0 Å². The van der Waals surface area contributed by atoms with Crippen molar-refractivity contribution < 1.29 is 0 Å². The second-order valence-corrected chi connectivity index (χ2v) is 5.94. The summed E-state index contributed by atoms with van der Waals surface area (Å²) in [4.78, 5) is 8.91. The third-order valence-corrected chi connectivity index (χ3v) is 4.06. The van der Waals surface area contributed by atoms with Crippen LogP contribution in [0.1, 0.15) is 56.3 Å². The summed E-state index contributed by atoms with van der Waals surface area (Å²) in [7, 11) is 0. The minimum atomic E-state index is 0.284. The molecule has 2 aromatic rings. The van der Waals surface area contributed by atoms with E-state index in [0.717, 1.165) is 23.0 Å². The van der Waals surface area contributed by atoms with Gasteiger partial charge in [0.1, 0.15) is 11.6 Å². The summed E-state index contributed by atoms with van der Waals surface area (Å²) in [6.45, 7) is 4.16. The zero-order valence-corrected chi connectivity index (χ0v) is 12.1. The van der Waals surface area contributed by atoms with Gasteiger partial charge < -0.3 is 5.73 Å². The third-order valence-electron chi connectivity index (χ3n) is 4.06. The molecule has 1 saturated carbocycles. The van der Waals surface area contributed by atoms with E-state index < -0.39 is 0 Å². The Kier molecular flexibility index (Phi) is 3.43. The fourth-order valence-electron chi connectivity index (χ4n) is 2.56. The smallest absolute Gasteiger partial charge is 0.133 e. The van der Waals surface area contributed by atoms with Crippen LogP contribution in [-0.2, 0) is 0 Å². The van der Waals surface area contributed by atoms with E-state index in [1.165, 1.54) is 24.8 Å². The molecular weight excluding hydrogens is 246 g/mol. The number of nitrogens with two attached hydrogens (primary N) is 1. The van der Waals surface area contributed by atoms with E-state index in [2.05, 4.69) is 48.1 Å². The molecule has 1 aliphatic rings. The van der Waals surface area contributed by atoms with Gasteiger partial charge in [0.2, 0.25) is 0 Å². The van der Waals surface area contributed by atoms with Crippen LogP contribution in [-0.4, -0.2) is 9.97 Å². The summed E-state index contributed by atoms with van der Waals surface area (Å²) in [6.07, 6.45) is 4.03. The van der Waals surface area contributed by atoms with E-state index in [-0.39, 0.29) is 5.92 Å². The Bertz CT molecular complexity index is 598. The molecule has 104 valence electrons. The van der Waals surface area contributed by atoms with Gasteiger partial charge in [-0.3, -0.25) is 0 Å². The molecule has 0 amide bonds. The highest BCUT2D eigenvalue weighted by Crippen LogP contribution is 2.36. The molecule has 3 nitrogen and oxygen atoms in total. The molecule has 0 radical (unpaired) electrons. The standard InChI is InChI=1S/C17H21N3/c1-11(2)17-19-15(10-16(18)20-17)14-8-6-13(7-9-14)12-4-3-5-12/h6-12H,3-5H2,1-2H3,(H2,18,19,20). The van der Waals surface area contributed by atoms with Crippen molar-refractivity contribution in [3.63, 3.8) is 0 Å². The monoisotopic (exact) mass is 267 g/mol. The minimum absolute atomic E-state index is 0.284. The number of hydrogen-bond donors (Lipinski definition) is 1. The number of hydrogen-bond acceptors (Lipinski definition) is 3. The number of nitrogens with zero attached hydrogens (tertiary/aromatic N) is 2. The molecule has 1 aromatic carbocycles. The van der Waals surface area contributed by atoms with E-state index in [4.69, 9.17) is 5.73 Å². The predicted octanol–water partition coefficient (Wildman–Crippen LogP) is 4.12. The van der Waals surface area contributed by atoms with Crippen molar-refractivity contribution in [2.75, 3.05) is 5.73 Å². The minimum Gasteiger partial charge on any atom is -0.384 e. The first-order chi connectivity index (χ1) is 9.63. The Morgan fingerprint density at radius 3 is 2.35 bits per heavy atom. The number of rotatable bonds is 3. The second kappa shape index (κ2) is 5.23. The molecule has 0 spiro atoms. The van der Waals surface area contributed by atoms with Crippen molar-refractivity contribution in [2.45, 2.75) is 44.9 Å². The molecule has 1 heterocycles. The molecule has 1 aliphatic carbocycles. The molecule has 0 aliphatic heterocycles. The van der Waals surface area contributed by atoms with E-state index >= 15 is 0 Å². The van der Waals surface area contributed by atoms with Gasteiger partial charge in [0.25, 0.3) is 0 Å². The Hall–Kier alpha value is -1.90. The van der Waals surface area contributed by atoms with E-state index in [9.17, 15) is 0 Å². The van der Waals surface area contributed by atoms with Crippen LogP contribution < -0.4 is 5.73 Å². The lowest BCUT2D eigenvalue weighted by molar-refractivity contribution is 0.420. The number of anilines is 1. The lowest BCUT2D eigenvalue weighted by Crippen LogP contribution is -2.08. The Morgan fingerprint density at radius 2 is 1.80 bits per heavy atom. The average molecular weight is 267 g/mol. The quantitative estimate of drug-likeness (QED) is 0.910. The second-order valence-electron chi connectivity index (χ2n) is 5.94. The molecule has 2 N–H and O–H groups in total. The van der Waals surface area contributed by atoms with Crippen LogP contribution in [0.4, 0.5) is 5.82 Å². The van der Waals surface area contributed by atoms with E-state index in [1.807, 2.05) is 6.07 Å². The van der Waals surface area contributed by atoms with Gasteiger partial charge in [0, 0.05) is 17.5 Å². The number of nitrogen functional groups attached to an aromatic ring is 1. The predicted molar refractivity (Wildman–Crippen MR) is 82.6 cm³/mol. The Morgan fingerprint density at radius 1 is 1.10 bits per heavy atom. The molecule has 1 aromatic heterocycles. The summed E-state index contributed by atoms with van der Waals surface area (Å²) in [6, 6.07) is 10.6. The molecule has 3 heteroatoms. The van der Waals surface area contributed by atoms with Crippen molar-refractivity contribution in [1.82, 2.24) is 9.97 Å². The van der Waals surface area contributed by atoms with Crippen LogP contribution in [0.3, 0.4) is 0 Å². The van der Waals surface area contributed by atoms with Gasteiger partial charge in [-0.2, -0.15) is 0 Å². The molecule has 1 fully saturated rings. The summed E-state index contributed by atoms with van der Waals surface area (Å²) in [5.41, 5.74) is 9.38. The number of aromatic nitrogens is 2. The van der Waals surface area contributed by atoms with E-state index in [1.54, 1.807) is 0 Å². The summed E-state index contributed by atoms with van der Waals surface area (Å²) in [5.74, 6) is 2.40. The molecule has 0 atom stereocenters. The van der Waals surface area contributed by atoms with Crippen molar-refractivity contribution in [3.8, 4) is 11.3 Å². The van der Waals surface area contributed by atoms with Crippen LogP contribution in [0.5, 0.6) is 0 Å². The van der Waals surface area contributed by atoms with Gasteiger partial charge in [-0.05, 0) is 24.3 Å². The summed E-state index contributed by atoms with van der Waals surface area (Å²) >= 11 is 0. The highest BCUT2D eigenvalue weighted by atomic mass is 14.9. The lowest BCUT2D eigenvalue weighted by atomic mass is 9.80. The maximum absolute atomic E-state index is 5.89. The third kappa shape index (κ3) is 2.53. The number of benzene rings is 1. The van der Waals surface area contributed by atoms with Crippen LogP contribution in [0.2, 0.25) is 0 Å². The van der Waals surface area contributed by atoms with Crippen molar-refractivity contribution in [2.24, 2.45) is 0 Å². The average Bonchev–Trinajstić information content (AvgIpc) is 2.37. The van der Waals surface area contributed by atoms with Crippen LogP contribution in [0.15, 0.2) is 30.3 Å². The van der Waals surface area contributed by atoms with Crippen LogP contribution in [0.25, 0.3) is 11.3 Å². The lowest BCUT2D eigenvalue weighted by Gasteiger charge is -2.25. The summed E-state index contributed by atoms with van der Waals surface area (Å²) in [5, 5.41) is 0. The van der Waals surface area contributed by atoms with Gasteiger partial charge in [-0.15, -0.1) is 0 Å². The van der Waals surface area contributed by atoms with Gasteiger partial charge in [-0.25, -0.2) is 9.97 Å². The molecular formula is C17H21N3. The summed E-state index contributed by atoms with van der Waals surface area (Å²) < 4.78 is 0. The van der Waals surface area contributed by atoms with Gasteiger partial charge in [0.05, 0.1) is 5.69 Å². The SMILES string of the molecule is CC(C)c1nc(N)cc(-c2ccc(C3CCC3)cc2)n1. The molecule has 0 bridgehead atoms. The van der Waals surface area contributed by atoms with Crippen molar-refractivity contribution in [3.05, 3.63) is 41.7 Å². The highest BCUT2D eigenvalue weighted by Gasteiger charge is 2.19. The van der Waals surface area contributed by atoms with Gasteiger partial charge >= 0.3 is 0 Å². The topological polar surface area (TPSA) is 51.8 Å². The van der Waals surface area contributed by atoms with Crippen molar-refractivity contribution >= 4 is 5.82 Å². The maximum atomic E-state index is 5.89. The maximum Gasteiger partial charge on any atom is 0.133 e. The van der Waals surface area contributed by atoms with E-state index in [0.29, 0.717) is 5.82 Å². The zero-order chi connectivity index (χ0) is 14.1. The fourth-order valence-corrected chi connectivity index (χ4v) is 2.56.